The summed E-state index contributed by atoms with van der Waals surface area (Å²) in [5.41, 5.74) is 2.21. The maximum absolute atomic E-state index is 13.4. The molecule has 0 amide bonds. The van der Waals surface area contributed by atoms with Gasteiger partial charge in [-0.25, -0.2) is 4.39 Å². The summed E-state index contributed by atoms with van der Waals surface area (Å²) in [5, 5.41) is 0.176. The predicted molar refractivity (Wildman–Crippen MR) is 82.4 cm³/mol. The van der Waals surface area contributed by atoms with E-state index in [0.29, 0.717) is 5.92 Å². The third-order valence-corrected chi connectivity index (χ3v) is 4.90. The molecule has 0 aliphatic heterocycles. The molecule has 0 bridgehead atoms. The van der Waals surface area contributed by atoms with Crippen molar-refractivity contribution in [2.45, 2.75) is 18.2 Å². The van der Waals surface area contributed by atoms with Crippen molar-refractivity contribution in [3.63, 3.8) is 0 Å². The third kappa shape index (κ3) is 3.80. The first-order chi connectivity index (χ1) is 9.08. The highest BCUT2D eigenvalue weighted by Gasteiger charge is 2.16. The Morgan fingerprint density at radius 3 is 2.47 bits per heavy atom. The van der Waals surface area contributed by atoms with Crippen LogP contribution in [0.5, 0.6) is 0 Å². The Balaban J connectivity index is 2.08. The molecular formula is C16H15BrClF. The second kappa shape index (κ2) is 6.53. The van der Waals surface area contributed by atoms with Gasteiger partial charge in [0.05, 0.1) is 5.02 Å². The van der Waals surface area contributed by atoms with Crippen LogP contribution in [-0.2, 0) is 6.42 Å². The van der Waals surface area contributed by atoms with Gasteiger partial charge in [0.1, 0.15) is 5.82 Å². The Kier molecular flexibility index (Phi) is 5.00. The molecule has 100 valence electrons. The summed E-state index contributed by atoms with van der Waals surface area (Å²) in [6, 6.07) is 15.3. The van der Waals surface area contributed by atoms with Gasteiger partial charge in [0.25, 0.3) is 0 Å². The monoisotopic (exact) mass is 340 g/mol. The molecule has 0 nitrogen and oxygen atoms in total. The molecule has 0 spiro atoms. The maximum Gasteiger partial charge on any atom is 0.142 e. The van der Waals surface area contributed by atoms with Crippen molar-refractivity contribution < 1.29 is 4.39 Å². The largest absolute Gasteiger partial charge is 0.205 e. The van der Waals surface area contributed by atoms with Crippen molar-refractivity contribution >= 4 is 27.5 Å². The molecule has 0 aliphatic rings. The van der Waals surface area contributed by atoms with Crippen LogP contribution < -0.4 is 0 Å². The van der Waals surface area contributed by atoms with Crippen LogP contribution in [0.3, 0.4) is 0 Å². The summed E-state index contributed by atoms with van der Waals surface area (Å²) >= 11 is 9.41. The molecule has 2 aromatic carbocycles. The first-order valence-corrected chi connectivity index (χ1v) is 7.50. The molecule has 0 saturated carbocycles. The highest BCUT2D eigenvalue weighted by Crippen LogP contribution is 2.33. The Hall–Kier alpha value is -0.860. The van der Waals surface area contributed by atoms with Gasteiger partial charge in [-0.15, -0.1) is 0 Å². The Labute approximate surface area is 126 Å². The summed E-state index contributed by atoms with van der Waals surface area (Å²) < 4.78 is 13.4. The van der Waals surface area contributed by atoms with E-state index >= 15 is 0 Å². The molecule has 0 aliphatic carbocycles. The van der Waals surface area contributed by atoms with Gasteiger partial charge in [-0.1, -0.05) is 70.9 Å². The van der Waals surface area contributed by atoms with Gasteiger partial charge in [-0.2, -0.15) is 0 Å². The van der Waals surface area contributed by atoms with Gasteiger partial charge >= 0.3 is 0 Å². The topological polar surface area (TPSA) is 0 Å². The van der Waals surface area contributed by atoms with Gasteiger partial charge in [-0.05, 0) is 35.6 Å². The number of hydrogen-bond donors (Lipinski definition) is 0. The van der Waals surface area contributed by atoms with Crippen LogP contribution in [0, 0.1) is 11.7 Å². The van der Waals surface area contributed by atoms with E-state index in [1.165, 1.54) is 11.6 Å². The molecule has 0 saturated heterocycles. The van der Waals surface area contributed by atoms with Crippen molar-refractivity contribution in [2.24, 2.45) is 5.92 Å². The minimum absolute atomic E-state index is 0.176. The lowest BCUT2D eigenvalue weighted by molar-refractivity contribution is 0.566. The Bertz CT molecular complexity index is 542. The first-order valence-electron chi connectivity index (χ1n) is 6.21. The zero-order valence-electron chi connectivity index (χ0n) is 10.6. The summed E-state index contributed by atoms with van der Waals surface area (Å²) in [6.07, 6.45) is 0.804. The van der Waals surface area contributed by atoms with Crippen LogP contribution in [0.4, 0.5) is 4.39 Å². The SMILES string of the molecule is CC(Cc1ccc(Cl)c(F)c1)C(Br)c1ccccc1. The molecular weight excluding hydrogens is 327 g/mol. The third-order valence-electron chi connectivity index (χ3n) is 3.16. The van der Waals surface area contributed by atoms with E-state index in [9.17, 15) is 4.39 Å². The van der Waals surface area contributed by atoms with Crippen LogP contribution >= 0.6 is 27.5 Å². The molecule has 2 rings (SSSR count). The van der Waals surface area contributed by atoms with Gasteiger partial charge in [0.15, 0.2) is 0 Å². The molecule has 0 fully saturated rings. The standard InChI is InChI=1S/C16H15BrClF/c1-11(16(17)13-5-3-2-4-6-13)9-12-7-8-14(18)15(19)10-12/h2-8,10-11,16H,9H2,1H3. The zero-order chi connectivity index (χ0) is 13.8. The van der Waals surface area contributed by atoms with Crippen molar-refractivity contribution in [1.29, 1.82) is 0 Å². The molecule has 2 unspecified atom stereocenters. The number of hydrogen-bond acceptors (Lipinski definition) is 0. The van der Waals surface area contributed by atoms with Gasteiger partial charge in [0.2, 0.25) is 0 Å². The van der Waals surface area contributed by atoms with Crippen LogP contribution in [0.2, 0.25) is 5.02 Å². The molecule has 0 radical (unpaired) electrons. The van der Waals surface area contributed by atoms with Crippen molar-refractivity contribution in [3.8, 4) is 0 Å². The summed E-state index contributed by atoms with van der Waals surface area (Å²) in [6.45, 7) is 2.15. The predicted octanol–water partition coefficient (Wildman–Crippen LogP) is 5.79. The lowest BCUT2D eigenvalue weighted by Crippen LogP contribution is -2.07. The zero-order valence-corrected chi connectivity index (χ0v) is 13.0. The first kappa shape index (κ1) is 14.5. The normalized spacial score (nSPS) is 14.1. The highest BCUT2D eigenvalue weighted by molar-refractivity contribution is 9.09. The molecule has 0 aromatic heterocycles. The van der Waals surface area contributed by atoms with E-state index in [4.69, 9.17) is 11.6 Å². The van der Waals surface area contributed by atoms with Gasteiger partial charge in [0, 0.05) is 4.83 Å². The van der Waals surface area contributed by atoms with Gasteiger partial charge in [-0.3, -0.25) is 0 Å². The molecule has 0 N–H and O–H groups in total. The minimum atomic E-state index is -0.350. The van der Waals surface area contributed by atoms with Crippen molar-refractivity contribution in [3.05, 3.63) is 70.5 Å². The van der Waals surface area contributed by atoms with E-state index < -0.39 is 0 Å². The van der Waals surface area contributed by atoms with E-state index in [-0.39, 0.29) is 15.7 Å². The second-order valence-electron chi connectivity index (χ2n) is 4.74. The summed E-state index contributed by atoms with van der Waals surface area (Å²) in [5.74, 6) is 0.0141. The molecule has 0 heterocycles. The van der Waals surface area contributed by atoms with Crippen LogP contribution in [0.1, 0.15) is 22.9 Å². The highest BCUT2D eigenvalue weighted by atomic mass is 79.9. The van der Waals surface area contributed by atoms with Crippen molar-refractivity contribution in [2.75, 3.05) is 0 Å². The molecule has 3 heteroatoms. The number of alkyl halides is 1. The average molecular weight is 342 g/mol. The van der Waals surface area contributed by atoms with Crippen LogP contribution in [-0.4, -0.2) is 0 Å². The smallest absolute Gasteiger partial charge is 0.142 e. The molecule has 2 atom stereocenters. The fourth-order valence-corrected chi connectivity index (χ4v) is 2.72. The van der Waals surface area contributed by atoms with Gasteiger partial charge < -0.3 is 0 Å². The van der Waals surface area contributed by atoms with Crippen molar-refractivity contribution in [1.82, 2.24) is 0 Å². The average Bonchev–Trinajstić information content (AvgIpc) is 2.43. The number of halogens is 3. The van der Waals surface area contributed by atoms with E-state index in [0.717, 1.165) is 12.0 Å². The quantitative estimate of drug-likeness (QED) is 0.617. The second-order valence-corrected chi connectivity index (χ2v) is 6.14. The Morgan fingerprint density at radius 1 is 1.16 bits per heavy atom. The molecule has 19 heavy (non-hydrogen) atoms. The summed E-state index contributed by atoms with van der Waals surface area (Å²) in [7, 11) is 0. The molecule has 2 aromatic rings. The fraction of sp³-hybridized carbons (Fsp3) is 0.250. The van der Waals surface area contributed by atoms with Crippen LogP contribution in [0.25, 0.3) is 0 Å². The van der Waals surface area contributed by atoms with Crippen LogP contribution in [0.15, 0.2) is 48.5 Å². The summed E-state index contributed by atoms with van der Waals surface area (Å²) in [4.78, 5) is 0.257. The van der Waals surface area contributed by atoms with E-state index in [2.05, 4.69) is 35.0 Å². The lowest BCUT2D eigenvalue weighted by Gasteiger charge is -2.19. The van der Waals surface area contributed by atoms with E-state index in [1.54, 1.807) is 6.07 Å². The Morgan fingerprint density at radius 2 is 1.84 bits per heavy atom. The fourth-order valence-electron chi connectivity index (χ4n) is 2.11. The minimum Gasteiger partial charge on any atom is -0.205 e. The maximum atomic E-state index is 13.4. The lowest BCUT2D eigenvalue weighted by atomic mass is 9.94. The van der Waals surface area contributed by atoms with E-state index in [1.807, 2.05) is 24.3 Å². The number of benzene rings is 2. The number of rotatable bonds is 4.